The number of halogens is 4. The minimum Gasteiger partial charge on any atom is -0.370 e. The normalized spacial score (nSPS) is 19.4. The van der Waals surface area contributed by atoms with E-state index in [1.54, 1.807) is 18.9 Å². The first-order valence-corrected chi connectivity index (χ1v) is 13.1. The molecular formula is C27H32ClF3N4O3. The zero-order valence-corrected chi connectivity index (χ0v) is 22.5. The summed E-state index contributed by atoms with van der Waals surface area (Å²) >= 11 is 6.17. The number of hydrogen-bond donors (Lipinski definition) is 1. The smallest absolute Gasteiger partial charge is 0.266 e. The maximum atomic E-state index is 14.7. The highest BCUT2D eigenvalue weighted by molar-refractivity contribution is 6.28. The second-order valence-corrected chi connectivity index (χ2v) is 10.5. The van der Waals surface area contributed by atoms with Gasteiger partial charge in [0, 0.05) is 57.5 Å². The lowest BCUT2D eigenvalue weighted by atomic mass is 9.83. The van der Waals surface area contributed by atoms with Crippen molar-refractivity contribution in [3.63, 3.8) is 0 Å². The molecule has 11 heteroatoms. The third kappa shape index (κ3) is 5.81. The molecule has 1 amide bonds. The molecule has 2 aliphatic rings. The van der Waals surface area contributed by atoms with Crippen LogP contribution in [0, 0.1) is 11.7 Å². The molecule has 7 nitrogen and oxygen atoms in total. The molecule has 1 aromatic carbocycles. The fraction of sp³-hybridized carbons (Fsp3) is 0.556. The number of ketones is 1. The van der Waals surface area contributed by atoms with Crippen LogP contribution in [0.2, 0.25) is 5.28 Å². The Morgan fingerprint density at radius 2 is 1.89 bits per heavy atom. The van der Waals surface area contributed by atoms with Crippen LogP contribution in [0.25, 0.3) is 0 Å². The van der Waals surface area contributed by atoms with E-state index in [0.717, 1.165) is 17.3 Å². The number of methoxy groups -OCH3 is 1. The maximum absolute atomic E-state index is 14.7. The molecule has 2 aromatic rings. The number of nitrogens with one attached hydrogen (secondary N) is 1. The highest BCUT2D eigenvalue weighted by Crippen LogP contribution is 2.37. The van der Waals surface area contributed by atoms with Crippen molar-refractivity contribution < 1.29 is 27.5 Å². The summed E-state index contributed by atoms with van der Waals surface area (Å²) in [4.78, 5) is 35.3. The van der Waals surface area contributed by atoms with Gasteiger partial charge < -0.3 is 15.0 Å². The van der Waals surface area contributed by atoms with Crippen LogP contribution in [0.5, 0.6) is 0 Å². The monoisotopic (exact) mass is 552 g/mol. The minimum absolute atomic E-state index is 0.00570. The number of Topliss-reactive ketones (excluding diaryl/α,β-unsaturated/α-hetero) is 1. The molecular weight excluding hydrogens is 521 g/mol. The topological polar surface area (TPSA) is 84.4 Å². The van der Waals surface area contributed by atoms with Gasteiger partial charge in [0.1, 0.15) is 17.2 Å². The summed E-state index contributed by atoms with van der Waals surface area (Å²) in [5.74, 6) is -0.355. The van der Waals surface area contributed by atoms with Crippen LogP contribution in [-0.2, 0) is 27.2 Å². The Bertz CT molecular complexity index is 1200. The van der Waals surface area contributed by atoms with Gasteiger partial charge in [-0.3, -0.25) is 9.59 Å². The predicted octanol–water partition coefficient (Wildman–Crippen LogP) is 5.47. The zero-order chi connectivity index (χ0) is 27.6. The van der Waals surface area contributed by atoms with Gasteiger partial charge in [0.25, 0.3) is 6.43 Å². The average molecular weight is 553 g/mol. The van der Waals surface area contributed by atoms with E-state index in [4.69, 9.17) is 16.3 Å². The van der Waals surface area contributed by atoms with Crippen LogP contribution in [0.4, 0.5) is 19.0 Å². The first-order valence-electron chi connectivity index (χ1n) is 12.8. The molecule has 2 atom stereocenters. The number of amides is 1. The number of benzene rings is 1. The molecule has 1 fully saturated rings. The fourth-order valence-electron chi connectivity index (χ4n) is 5.54. The average Bonchev–Trinajstić information content (AvgIpc) is 3.30. The molecule has 206 valence electrons. The Hall–Kier alpha value is -2.72. The third-order valence-corrected chi connectivity index (χ3v) is 8.02. The predicted molar refractivity (Wildman–Crippen MR) is 137 cm³/mol. The zero-order valence-electron chi connectivity index (χ0n) is 21.7. The molecule has 0 spiro atoms. The fourth-order valence-corrected chi connectivity index (χ4v) is 5.72. The van der Waals surface area contributed by atoms with E-state index < -0.39 is 29.4 Å². The lowest BCUT2D eigenvalue weighted by Gasteiger charge is -2.39. The van der Waals surface area contributed by atoms with Crippen LogP contribution in [0.15, 0.2) is 18.2 Å². The van der Waals surface area contributed by atoms with Crippen molar-refractivity contribution in [2.75, 3.05) is 25.5 Å². The summed E-state index contributed by atoms with van der Waals surface area (Å²) in [7, 11) is 1.54. The van der Waals surface area contributed by atoms with Gasteiger partial charge in [-0.25, -0.2) is 23.1 Å². The first-order chi connectivity index (χ1) is 18.0. The number of alkyl halides is 2. The van der Waals surface area contributed by atoms with Crippen LogP contribution < -0.4 is 5.32 Å². The van der Waals surface area contributed by atoms with E-state index in [2.05, 4.69) is 15.3 Å². The second-order valence-electron chi connectivity index (χ2n) is 10.1. The van der Waals surface area contributed by atoms with Crippen molar-refractivity contribution in [1.82, 2.24) is 14.9 Å². The van der Waals surface area contributed by atoms with Crippen molar-refractivity contribution >= 4 is 29.1 Å². The Morgan fingerprint density at radius 1 is 1.21 bits per heavy atom. The number of fused-ring (bicyclic) bond motifs is 1. The summed E-state index contributed by atoms with van der Waals surface area (Å²) in [5, 5.41) is 3.17. The number of anilines is 1. The van der Waals surface area contributed by atoms with Crippen molar-refractivity contribution in [2.24, 2.45) is 5.92 Å². The van der Waals surface area contributed by atoms with Crippen molar-refractivity contribution in [2.45, 2.75) is 70.4 Å². The molecule has 1 N–H and O–H groups in total. The van der Waals surface area contributed by atoms with Crippen molar-refractivity contribution in [3.05, 3.63) is 51.7 Å². The summed E-state index contributed by atoms with van der Waals surface area (Å²) in [5.41, 5.74) is 0.176. The summed E-state index contributed by atoms with van der Waals surface area (Å²) in [6.07, 6.45) is 0.203. The van der Waals surface area contributed by atoms with Crippen LogP contribution >= 0.6 is 11.6 Å². The minimum atomic E-state index is -2.91. The van der Waals surface area contributed by atoms with Gasteiger partial charge in [-0.2, -0.15) is 0 Å². The van der Waals surface area contributed by atoms with Gasteiger partial charge in [-0.15, -0.1) is 0 Å². The maximum Gasteiger partial charge on any atom is 0.266 e. The lowest BCUT2D eigenvalue weighted by Crippen LogP contribution is -2.51. The quantitative estimate of drug-likeness (QED) is 0.415. The highest BCUT2D eigenvalue weighted by atomic mass is 35.5. The Morgan fingerprint density at radius 3 is 2.53 bits per heavy atom. The molecule has 0 saturated carbocycles. The number of piperidine rings is 1. The van der Waals surface area contributed by atoms with Gasteiger partial charge >= 0.3 is 0 Å². The molecule has 4 rings (SSSR count). The highest BCUT2D eigenvalue weighted by Gasteiger charge is 2.42. The molecule has 1 aliphatic heterocycles. The summed E-state index contributed by atoms with van der Waals surface area (Å²) < 4.78 is 46.7. The SMILES string of the molecule is COC1(C(=O)CCC2Cc3nc(Cl)nc(N[C@H](C)c4cccc(C(F)F)c4F)c3C2)CCN(C(C)=O)CC1. The second kappa shape index (κ2) is 11.6. The Balaban J connectivity index is 1.42. The molecule has 1 unspecified atom stereocenters. The largest absolute Gasteiger partial charge is 0.370 e. The number of hydrogen-bond acceptors (Lipinski definition) is 6. The lowest BCUT2D eigenvalue weighted by molar-refractivity contribution is -0.151. The van der Waals surface area contributed by atoms with E-state index in [9.17, 15) is 22.8 Å². The number of ether oxygens (including phenoxy) is 1. The van der Waals surface area contributed by atoms with Crippen LogP contribution in [0.3, 0.4) is 0 Å². The molecule has 0 bridgehead atoms. The first kappa shape index (κ1) is 28.3. The Labute approximate surface area is 225 Å². The van der Waals surface area contributed by atoms with Gasteiger partial charge in [0.05, 0.1) is 17.3 Å². The van der Waals surface area contributed by atoms with Crippen LogP contribution in [-0.4, -0.2) is 52.4 Å². The number of nitrogens with zero attached hydrogens (tertiary/aromatic N) is 3. The number of carbonyl (C=O) groups is 2. The Kier molecular flexibility index (Phi) is 8.62. The van der Waals surface area contributed by atoms with Gasteiger partial charge in [0.2, 0.25) is 11.2 Å². The molecule has 2 heterocycles. The summed E-state index contributed by atoms with van der Waals surface area (Å²) in [6, 6.07) is 3.29. The van der Waals surface area contributed by atoms with Crippen LogP contribution in [0.1, 0.15) is 74.4 Å². The number of carbonyl (C=O) groups excluding carboxylic acids is 2. The van der Waals surface area contributed by atoms with E-state index in [-0.39, 0.29) is 28.5 Å². The van der Waals surface area contributed by atoms with E-state index in [1.807, 2.05) is 0 Å². The molecule has 1 aromatic heterocycles. The van der Waals surface area contributed by atoms with Gasteiger partial charge in [-0.05, 0) is 43.7 Å². The van der Waals surface area contributed by atoms with Gasteiger partial charge in [-0.1, -0.05) is 18.2 Å². The van der Waals surface area contributed by atoms with Crippen molar-refractivity contribution in [1.29, 1.82) is 0 Å². The van der Waals surface area contributed by atoms with Gasteiger partial charge in [0.15, 0.2) is 5.78 Å². The number of rotatable bonds is 9. The number of aromatic nitrogens is 2. The molecule has 1 saturated heterocycles. The molecule has 0 radical (unpaired) electrons. The standard InChI is InChI=1S/C27H32ClF3N4O3/c1-15(18-5-4-6-19(23(18)29)24(30)31)32-25-20-13-17(14-21(20)33-26(28)34-25)7-8-22(37)27(38-3)9-11-35(12-10-27)16(2)36/h4-6,15,17,24H,7-14H2,1-3H3,(H,32,33,34)/t15-,17?/m1/s1. The van der Waals surface area contributed by atoms with Crippen molar-refractivity contribution in [3.8, 4) is 0 Å². The third-order valence-electron chi connectivity index (χ3n) is 7.85. The van der Waals surface area contributed by atoms with E-state index >= 15 is 0 Å². The summed E-state index contributed by atoms with van der Waals surface area (Å²) in [6.45, 7) is 4.18. The number of likely N-dealkylation sites (tertiary alicyclic amines) is 1. The molecule has 38 heavy (non-hydrogen) atoms. The van der Waals surface area contributed by atoms with E-state index in [0.29, 0.717) is 57.4 Å². The molecule has 1 aliphatic carbocycles. The van der Waals surface area contributed by atoms with E-state index in [1.165, 1.54) is 19.1 Å².